The molecule has 1 aliphatic heterocycles. The first-order valence-corrected chi connectivity index (χ1v) is 8.68. The summed E-state index contributed by atoms with van der Waals surface area (Å²) in [6.07, 6.45) is 2.75. The molecular formula is C18H26N6. The number of nitrogens with one attached hydrogen (secondary N) is 1. The molecule has 3 rings (SSSR count). The van der Waals surface area contributed by atoms with Crippen LogP contribution >= 0.6 is 0 Å². The molecule has 0 aliphatic carbocycles. The zero-order valence-corrected chi connectivity index (χ0v) is 14.8. The molecule has 2 aromatic rings. The third-order valence-electron chi connectivity index (χ3n) is 4.58. The first-order valence-electron chi connectivity index (χ1n) is 8.68. The molecule has 0 amide bonds. The van der Waals surface area contributed by atoms with Crippen LogP contribution < -0.4 is 15.1 Å². The number of nitrogens with zero attached hydrogens (tertiary/aromatic N) is 5. The zero-order chi connectivity index (χ0) is 16.9. The Morgan fingerprint density at radius 3 is 2.58 bits per heavy atom. The Bertz CT molecular complexity index is 679. The van der Waals surface area contributed by atoms with Crippen molar-refractivity contribution < 1.29 is 0 Å². The van der Waals surface area contributed by atoms with Crippen LogP contribution in [-0.4, -0.2) is 47.9 Å². The van der Waals surface area contributed by atoms with Crippen molar-refractivity contribution in [3.8, 4) is 0 Å². The SMILES string of the molecule is CCCNc1cnnc(N2CCN(c3cccc(C)c3C)CC2)n1. The fourth-order valence-corrected chi connectivity index (χ4v) is 2.99. The van der Waals surface area contributed by atoms with Gasteiger partial charge in [0.25, 0.3) is 0 Å². The van der Waals surface area contributed by atoms with E-state index in [1.54, 1.807) is 6.20 Å². The van der Waals surface area contributed by atoms with Crippen molar-refractivity contribution in [3.63, 3.8) is 0 Å². The standard InChI is InChI=1S/C18H26N6/c1-4-8-19-17-13-20-22-18(21-17)24-11-9-23(10-12-24)16-7-5-6-14(2)15(16)3/h5-7,13H,4,8-12H2,1-3H3,(H,19,21,22). The number of aryl methyl sites for hydroxylation is 1. The molecule has 1 N–H and O–H groups in total. The lowest BCUT2D eigenvalue weighted by Crippen LogP contribution is -2.47. The molecule has 1 aromatic carbocycles. The van der Waals surface area contributed by atoms with Crippen LogP contribution in [0.15, 0.2) is 24.4 Å². The number of benzene rings is 1. The molecule has 0 spiro atoms. The maximum atomic E-state index is 4.59. The summed E-state index contributed by atoms with van der Waals surface area (Å²) in [5.41, 5.74) is 4.05. The van der Waals surface area contributed by atoms with Gasteiger partial charge in [-0.1, -0.05) is 19.1 Å². The van der Waals surface area contributed by atoms with E-state index < -0.39 is 0 Å². The third kappa shape index (κ3) is 3.58. The van der Waals surface area contributed by atoms with Crippen molar-refractivity contribution in [1.29, 1.82) is 0 Å². The Morgan fingerprint density at radius 2 is 1.83 bits per heavy atom. The van der Waals surface area contributed by atoms with Gasteiger partial charge in [-0.15, -0.1) is 5.10 Å². The minimum absolute atomic E-state index is 0.719. The van der Waals surface area contributed by atoms with Gasteiger partial charge in [0.05, 0.1) is 6.20 Å². The number of hydrogen-bond acceptors (Lipinski definition) is 6. The van der Waals surface area contributed by atoms with Crippen LogP contribution in [0.1, 0.15) is 24.5 Å². The van der Waals surface area contributed by atoms with E-state index in [0.717, 1.165) is 50.9 Å². The second-order valence-corrected chi connectivity index (χ2v) is 6.26. The lowest BCUT2D eigenvalue weighted by atomic mass is 10.1. The van der Waals surface area contributed by atoms with E-state index in [0.29, 0.717) is 0 Å². The highest BCUT2D eigenvalue weighted by Crippen LogP contribution is 2.24. The smallest absolute Gasteiger partial charge is 0.247 e. The van der Waals surface area contributed by atoms with Gasteiger partial charge in [-0.05, 0) is 37.5 Å². The molecule has 1 fully saturated rings. The van der Waals surface area contributed by atoms with Crippen LogP contribution in [0.5, 0.6) is 0 Å². The quantitative estimate of drug-likeness (QED) is 0.911. The molecule has 128 valence electrons. The number of aromatic nitrogens is 3. The normalized spacial score (nSPS) is 14.8. The van der Waals surface area contributed by atoms with Gasteiger partial charge in [-0.3, -0.25) is 0 Å². The molecule has 0 unspecified atom stereocenters. The fourth-order valence-electron chi connectivity index (χ4n) is 2.99. The van der Waals surface area contributed by atoms with E-state index in [2.05, 4.69) is 69.3 Å². The van der Waals surface area contributed by atoms with Gasteiger partial charge >= 0.3 is 0 Å². The third-order valence-corrected chi connectivity index (χ3v) is 4.58. The van der Waals surface area contributed by atoms with Gasteiger partial charge in [0.2, 0.25) is 5.95 Å². The number of anilines is 3. The minimum atomic E-state index is 0.719. The van der Waals surface area contributed by atoms with Crippen molar-refractivity contribution in [2.24, 2.45) is 0 Å². The lowest BCUT2D eigenvalue weighted by molar-refractivity contribution is 0.634. The molecule has 2 heterocycles. The molecule has 24 heavy (non-hydrogen) atoms. The molecule has 0 saturated carbocycles. The molecule has 6 heteroatoms. The fraction of sp³-hybridized carbons (Fsp3) is 0.500. The summed E-state index contributed by atoms with van der Waals surface area (Å²) >= 11 is 0. The van der Waals surface area contributed by atoms with E-state index >= 15 is 0 Å². The Morgan fingerprint density at radius 1 is 1.08 bits per heavy atom. The zero-order valence-electron chi connectivity index (χ0n) is 14.8. The Labute approximate surface area is 143 Å². The Balaban J connectivity index is 1.66. The van der Waals surface area contributed by atoms with Gasteiger partial charge in [0.1, 0.15) is 0 Å². The van der Waals surface area contributed by atoms with E-state index in [9.17, 15) is 0 Å². The van der Waals surface area contributed by atoms with Crippen molar-refractivity contribution in [1.82, 2.24) is 15.2 Å². The highest BCUT2D eigenvalue weighted by atomic mass is 15.4. The monoisotopic (exact) mass is 326 g/mol. The summed E-state index contributed by atoms with van der Waals surface area (Å²) in [4.78, 5) is 9.25. The van der Waals surface area contributed by atoms with Crippen LogP contribution in [0.2, 0.25) is 0 Å². The predicted molar refractivity (Wildman–Crippen MR) is 98.9 cm³/mol. The Kier molecular flexibility index (Phi) is 5.13. The number of piperazine rings is 1. The molecule has 1 saturated heterocycles. The first kappa shape index (κ1) is 16.5. The molecule has 1 aromatic heterocycles. The highest BCUT2D eigenvalue weighted by molar-refractivity contribution is 5.57. The van der Waals surface area contributed by atoms with Crippen molar-refractivity contribution in [2.75, 3.05) is 47.8 Å². The maximum Gasteiger partial charge on any atom is 0.247 e. The molecule has 0 bridgehead atoms. The van der Waals surface area contributed by atoms with Crippen LogP contribution in [0, 0.1) is 13.8 Å². The first-order chi connectivity index (χ1) is 11.7. The largest absolute Gasteiger partial charge is 0.369 e. The second-order valence-electron chi connectivity index (χ2n) is 6.26. The summed E-state index contributed by atoms with van der Waals surface area (Å²) in [5.74, 6) is 1.52. The minimum Gasteiger partial charge on any atom is -0.369 e. The summed E-state index contributed by atoms with van der Waals surface area (Å²) in [6.45, 7) is 11.2. The van der Waals surface area contributed by atoms with Crippen molar-refractivity contribution in [3.05, 3.63) is 35.5 Å². The van der Waals surface area contributed by atoms with Crippen LogP contribution in [0.4, 0.5) is 17.5 Å². The van der Waals surface area contributed by atoms with E-state index in [-0.39, 0.29) is 0 Å². The highest BCUT2D eigenvalue weighted by Gasteiger charge is 2.21. The van der Waals surface area contributed by atoms with Gasteiger partial charge in [0, 0.05) is 38.4 Å². The van der Waals surface area contributed by atoms with Crippen molar-refractivity contribution in [2.45, 2.75) is 27.2 Å². The van der Waals surface area contributed by atoms with E-state index in [1.807, 2.05) is 0 Å². The Hall–Kier alpha value is -2.37. The predicted octanol–water partition coefficient (Wildman–Crippen LogP) is 2.64. The second kappa shape index (κ2) is 7.47. The average Bonchev–Trinajstić information content (AvgIpc) is 2.63. The lowest BCUT2D eigenvalue weighted by Gasteiger charge is -2.36. The molecular weight excluding hydrogens is 300 g/mol. The number of rotatable bonds is 5. The van der Waals surface area contributed by atoms with Crippen LogP contribution in [0.3, 0.4) is 0 Å². The van der Waals surface area contributed by atoms with Crippen LogP contribution in [0.25, 0.3) is 0 Å². The average molecular weight is 326 g/mol. The number of hydrogen-bond donors (Lipinski definition) is 1. The molecule has 0 radical (unpaired) electrons. The van der Waals surface area contributed by atoms with Gasteiger partial charge in [-0.2, -0.15) is 10.1 Å². The summed E-state index contributed by atoms with van der Waals surface area (Å²) in [5, 5.41) is 11.6. The molecule has 0 atom stereocenters. The van der Waals surface area contributed by atoms with Crippen LogP contribution in [-0.2, 0) is 0 Å². The van der Waals surface area contributed by atoms with Gasteiger partial charge in [0.15, 0.2) is 5.82 Å². The topological polar surface area (TPSA) is 57.2 Å². The van der Waals surface area contributed by atoms with E-state index in [1.165, 1.54) is 16.8 Å². The molecule has 1 aliphatic rings. The van der Waals surface area contributed by atoms with Gasteiger partial charge < -0.3 is 15.1 Å². The van der Waals surface area contributed by atoms with E-state index in [4.69, 9.17) is 0 Å². The van der Waals surface area contributed by atoms with Gasteiger partial charge in [-0.25, -0.2) is 0 Å². The van der Waals surface area contributed by atoms with Crippen molar-refractivity contribution >= 4 is 17.5 Å². The summed E-state index contributed by atoms with van der Waals surface area (Å²) in [6, 6.07) is 6.52. The molecule has 6 nitrogen and oxygen atoms in total. The summed E-state index contributed by atoms with van der Waals surface area (Å²) in [7, 11) is 0. The summed E-state index contributed by atoms with van der Waals surface area (Å²) < 4.78 is 0. The maximum absolute atomic E-state index is 4.59.